The molecule has 0 unspecified atom stereocenters. The van der Waals surface area contributed by atoms with E-state index >= 15 is 0 Å². The monoisotopic (exact) mass is 277 g/mol. The van der Waals surface area contributed by atoms with Gasteiger partial charge in [0.05, 0.1) is 0 Å². The Balaban J connectivity index is 2.70. The summed E-state index contributed by atoms with van der Waals surface area (Å²) in [7, 11) is 0. The van der Waals surface area contributed by atoms with E-state index in [0.717, 1.165) is 24.1 Å². The van der Waals surface area contributed by atoms with E-state index in [9.17, 15) is 0 Å². The van der Waals surface area contributed by atoms with Crippen molar-refractivity contribution in [1.82, 2.24) is 5.32 Å². The molecule has 0 aliphatic carbocycles. The van der Waals surface area contributed by atoms with Crippen LogP contribution in [-0.2, 0) is 6.54 Å². The summed E-state index contributed by atoms with van der Waals surface area (Å²) >= 11 is 0. The van der Waals surface area contributed by atoms with Crippen LogP contribution >= 0.6 is 0 Å². The summed E-state index contributed by atoms with van der Waals surface area (Å²) in [5.74, 6) is 0.140. The fourth-order valence-corrected chi connectivity index (χ4v) is 2.63. The molecule has 0 aliphatic heterocycles. The van der Waals surface area contributed by atoms with E-state index in [-0.39, 0.29) is 16.8 Å². The Hall–Kier alpha value is -1.55. The van der Waals surface area contributed by atoms with Crippen molar-refractivity contribution >= 4 is 5.84 Å². The largest absolute Gasteiger partial charge is 0.409 e. The Morgan fingerprint density at radius 3 is 2.45 bits per heavy atom. The molecule has 1 aromatic carbocycles. The molecule has 4 nitrogen and oxygen atoms in total. The van der Waals surface area contributed by atoms with Gasteiger partial charge >= 0.3 is 0 Å². The molecule has 0 atom stereocenters. The van der Waals surface area contributed by atoms with E-state index in [2.05, 4.69) is 45.1 Å². The number of rotatable bonds is 5. The molecule has 0 radical (unpaired) electrons. The van der Waals surface area contributed by atoms with Crippen molar-refractivity contribution in [2.24, 2.45) is 16.3 Å². The van der Waals surface area contributed by atoms with Crippen molar-refractivity contribution in [2.45, 2.75) is 53.1 Å². The molecule has 0 saturated carbocycles. The van der Waals surface area contributed by atoms with Gasteiger partial charge in [-0.15, -0.1) is 0 Å². The lowest BCUT2D eigenvalue weighted by atomic mass is 9.82. The van der Waals surface area contributed by atoms with Crippen molar-refractivity contribution in [3.63, 3.8) is 0 Å². The number of benzene rings is 1. The maximum absolute atomic E-state index is 8.71. The Morgan fingerprint density at radius 2 is 1.90 bits per heavy atom. The predicted octanol–water partition coefficient (Wildman–Crippen LogP) is 3.09. The van der Waals surface area contributed by atoms with Crippen LogP contribution in [0.2, 0.25) is 0 Å². The second-order valence-corrected chi connectivity index (χ2v) is 7.16. The molecule has 0 aromatic heterocycles. The molecule has 0 heterocycles. The fourth-order valence-electron chi connectivity index (χ4n) is 2.63. The lowest BCUT2D eigenvalue weighted by Gasteiger charge is -2.33. The Morgan fingerprint density at radius 1 is 1.25 bits per heavy atom. The average Bonchev–Trinajstić information content (AvgIpc) is 2.33. The van der Waals surface area contributed by atoms with Gasteiger partial charge in [-0.3, -0.25) is 0 Å². The quantitative estimate of drug-likeness (QED) is 0.335. The van der Waals surface area contributed by atoms with Gasteiger partial charge in [0.1, 0.15) is 0 Å². The molecule has 112 valence electrons. The number of nitrogens with one attached hydrogen (secondary N) is 1. The molecular weight excluding hydrogens is 250 g/mol. The maximum atomic E-state index is 8.71. The third-order valence-electron chi connectivity index (χ3n) is 3.07. The molecule has 20 heavy (non-hydrogen) atoms. The summed E-state index contributed by atoms with van der Waals surface area (Å²) in [5.41, 5.74) is 7.81. The highest BCUT2D eigenvalue weighted by atomic mass is 16.4. The second kappa shape index (κ2) is 6.27. The van der Waals surface area contributed by atoms with Gasteiger partial charge in [0.25, 0.3) is 0 Å². The maximum Gasteiger partial charge on any atom is 0.170 e. The summed E-state index contributed by atoms with van der Waals surface area (Å²) in [6.45, 7) is 11.9. The first kappa shape index (κ1) is 16.5. The molecule has 0 bridgehead atoms. The molecule has 1 aromatic rings. The minimum atomic E-state index is 0.0604. The molecule has 1 rings (SSSR count). The van der Waals surface area contributed by atoms with E-state index in [0.29, 0.717) is 0 Å². The molecule has 4 N–H and O–H groups in total. The van der Waals surface area contributed by atoms with Gasteiger partial charge in [-0.2, -0.15) is 0 Å². The van der Waals surface area contributed by atoms with Crippen LogP contribution in [0, 0.1) is 5.41 Å². The van der Waals surface area contributed by atoms with Gasteiger partial charge in [0.15, 0.2) is 5.84 Å². The lowest BCUT2D eigenvalue weighted by Crippen LogP contribution is -2.41. The lowest BCUT2D eigenvalue weighted by molar-refractivity contribution is 0.240. The fraction of sp³-hybridized carbons (Fsp3) is 0.562. The Bertz CT molecular complexity index is 473. The first-order valence-corrected chi connectivity index (χ1v) is 6.95. The van der Waals surface area contributed by atoms with Crippen LogP contribution in [0.15, 0.2) is 29.4 Å². The SMILES string of the molecule is CC(C)(C)CC(C)(C)NCc1cccc(C(N)=NO)c1. The normalized spacial score (nSPS) is 13.6. The average molecular weight is 277 g/mol. The molecule has 0 amide bonds. The van der Waals surface area contributed by atoms with Gasteiger partial charge < -0.3 is 16.3 Å². The Labute approximate surface area is 122 Å². The van der Waals surface area contributed by atoms with Crippen molar-refractivity contribution in [2.75, 3.05) is 0 Å². The molecule has 0 spiro atoms. The third kappa shape index (κ3) is 5.61. The van der Waals surface area contributed by atoms with Crippen LogP contribution in [0.4, 0.5) is 0 Å². The number of amidine groups is 1. The van der Waals surface area contributed by atoms with Gasteiger partial charge in [0.2, 0.25) is 0 Å². The summed E-state index contributed by atoms with van der Waals surface area (Å²) in [6, 6.07) is 7.73. The first-order chi connectivity index (χ1) is 9.13. The van der Waals surface area contributed by atoms with Gasteiger partial charge in [-0.25, -0.2) is 0 Å². The summed E-state index contributed by atoms with van der Waals surface area (Å²) in [4.78, 5) is 0. The van der Waals surface area contributed by atoms with E-state index in [1.165, 1.54) is 0 Å². The zero-order chi connectivity index (χ0) is 15.4. The summed E-state index contributed by atoms with van der Waals surface area (Å²) in [5, 5.41) is 15.3. The second-order valence-electron chi connectivity index (χ2n) is 7.16. The minimum absolute atomic E-state index is 0.0604. The van der Waals surface area contributed by atoms with Gasteiger partial charge in [-0.1, -0.05) is 44.1 Å². The smallest absolute Gasteiger partial charge is 0.170 e. The molecule has 0 fully saturated rings. The Kier molecular flexibility index (Phi) is 5.17. The topological polar surface area (TPSA) is 70.6 Å². The van der Waals surface area contributed by atoms with Crippen LogP contribution in [0.5, 0.6) is 0 Å². The molecule has 0 saturated heterocycles. The molecular formula is C16H27N3O. The number of nitrogens with two attached hydrogens (primary N) is 1. The van der Waals surface area contributed by atoms with Crippen molar-refractivity contribution < 1.29 is 5.21 Å². The van der Waals surface area contributed by atoms with Crippen LogP contribution in [0.25, 0.3) is 0 Å². The van der Waals surface area contributed by atoms with Crippen LogP contribution in [-0.4, -0.2) is 16.6 Å². The zero-order valence-corrected chi connectivity index (χ0v) is 13.2. The van der Waals surface area contributed by atoms with E-state index < -0.39 is 0 Å². The summed E-state index contributed by atoms with van der Waals surface area (Å²) < 4.78 is 0. The van der Waals surface area contributed by atoms with Crippen molar-refractivity contribution in [3.05, 3.63) is 35.4 Å². The third-order valence-corrected chi connectivity index (χ3v) is 3.07. The van der Waals surface area contributed by atoms with Gasteiger partial charge in [-0.05, 0) is 37.3 Å². The number of oxime groups is 1. The van der Waals surface area contributed by atoms with Gasteiger partial charge in [0, 0.05) is 17.6 Å². The number of hydrogen-bond acceptors (Lipinski definition) is 3. The highest BCUT2D eigenvalue weighted by Gasteiger charge is 2.24. The summed E-state index contributed by atoms with van der Waals surface area (Å²) in [6.07, 6.45) is 1.08. The first-order valence-electron chi connectivity index (χ1n) is 6.95. The van der Waals surface area contributed by atoms with E-state index in [4.69, 9.17) is 10.9 Å². The standard InChI is InChI=1S/C16H27N3O/c1-15(2,3)11-16(4,5)18-10-12-7-6-8-13(9-12)14(17)19-20/h6-9,18,20H,10-11H2,1-5H3,(H2,17,19). The predicted molar refractivity (Wildman–Crippen MR) is 83.9 cm³/mol. The van der Waals surface area contributed by atoms with Crippen LogP contribution < -0.4 is 11.1 Å². The molecule has 0 aliphatic rings. The van der Waals surface area contributed by atoms with Crippen molar-refractivity contribution in [1.29, 1.82) is 0 Å². The van der Waals surface area contributed by atoms with Crippen LogP contribution in [0.3, 0.4) is 0 Å². The number of nitrogens with zero attached hydrogens (tertiary/aromatic N) is 1. The minimum Gasteiger partial charge on any atom is -0.409 e. The van der Waals surface area contributed by atoms with Crippen molar-refractivity contribution in [3.8, 4) is 0 Å². The number of hydrogen-bond donors (Lipinski definition) is 3. The van der Waals surface area contributed by atoms with Crippen LogP contribution in [0.1, 0.15) is 52.2 Å². The highest BCUT2D eigenvalue weighted by molar-refractivity contribution is 5.97. The zero-order valence-electron chi connectivity index (χ0n) is 13.2. The molecule has 4 heteroatoms. The van der Waals surface area contributed by atoms with E-state index in [1.54, 1.807) is 0 Å². The highest BCUT2D eigenvalue weighted by Crippen LogP contribution is 2.27. The van der Waals surface area contributed by atoms with E-state index in [1.807, 2.05) is 24.3 Å².